The molecular weight excluding hydrogens is 264 g/mol. The molecule has 0 spiro atoms. The second-order valence-electron chi connectivity index (χ2n) is 4.98. The second kappa shape index (κ2) is 7.30. The molecule has 0 saturated carbocycles. The Morgan fingerprint density at radius 1 is 1.10 bits per heavy atom. The molecule has 2 rings (SSSR count). The lowest BCUT2D eigenvalue weighted by molar-refractivity contribution is 0.102. The molecule has 20 heavy (non-hydrogen) atoms. The van der Waals surface area contributed by atoms with E-state index in [1.807, 2.05) is 24.3 Å². The van der Waals surface area contributed by atoms with E-state index in [2.05, 4.69) is 38.1 Å². The molecule has 0 aliphatic rings. The van der Waals surface area contributed by atoms with E-state index in [-0.39, 0.29) is 5.78 Å². The Morgan fingerprint density at radius 2 is 1.90 bits per heavy atom. The first-order valence-corrected chi connectivity index (χ1v) is 7.99. The minimum Gasteiger partial charge on any atom is -0.293 e. The molecule has 0 amide bonds. The number of hydrogen-bond donors (Lipinski definition) is 0. The van der Waals surface area contributed by atoms with Crippen molar-refractivity contribution in [3.05, 3.63) is 65.2 Å². The van der Waals surface area contributed by atoms with Crippen LogP contribution in [0.2, 0.25) is 0 Å². The quantitative estimate of drug-likeness (QED) is 0.553. The van der Waals surface area contributed by atoms with Crippen LogP contribution in [0.25, 0.3) is 0 Å². The largest absolute Gasteiger partial charge is 0.293 e. The van der Waals surface area contributed by atoms with Gasteiger partial charge in [-0.25, -0.2) is 0 Å². The highest BCUT2D eigenvalue weighted by Gasteiger charge is 2.07. The monoisotopic (exact) mass is 284 g/mol. The summed E-state index contributed by atoms with van der Waals surface area (Å²) in [7, 11) is 0. The Morgan fingerprint density at radius 3 is 2.65 bits per heavy atom. The third kappa shape index (κ3) is 4.24. The van der Waals surface area contributed by atoms with Gasteiger partial charge in [-0.15, -0.1) is 11.8 Å². The number of hydrogen-bond acceptors (Lipinski definition) is 2. The number of ketones is 1. The van der Waals surface area contributed by atoms with Gasteiger partial charge in [-0.05, 0) is 37.1 Å². The van der Waals surface area contributed by atoms with E-state index in [0.29, 0.717) is 5.75 Å². The molecule has 0 heterocycles. The predicted molar refractivity (Wildman–Crippen MR) is 86.7 cm³/mol. The SMILES string of the molecule is CCCc1cccc(C(=O)CSc2cccc(C)c2)c1. The maximum absolute atomic E-state index is 12.2. The first kappa shape index (κ1) is 14.9. The molecule has 1 nitrogen and oxygen atoms in total. The van der Waals surface area contributed by atoms with Crippen LogP contribution in [0.1, 0.15) is 34.8 Å². The van der Waals surface area contributed by atoms with Crippen LogP contribution in [0, 0.1) is 6.92 Å². The van der Waals surface area contributed by atoms with Gasteiger partial charge in [-0.1, -0.05) is 49.2 Å². The van der Waals surface area contributed by atoms with Crippen LogP contribution in [-0.4, -0.2) is 11.5 Å². The van der Waals surface area contributed by atoms with Gasteiger partial charge in [-0.3, -0.25) is 4.79 Å². The Kier molecular flexibility index (Phi) is 5.42. The number of benzene rings is 2. The third-order valence-corrected chi connectivity index (χ3v) is 4.14. The Hall–Kier alpha value is -1.54. The van der Waals surface area contributed by atoms with Gasteiger partial charge in [0.2, 0.25) is 0 Å². The number of Topliss-reactive ketones (excluding diaryl/α,β-unsaturated/α-hetero) is 1. The zero-order valence-electron chi connectivity index (χ0n) is 12.1. The summed E-state index contributed by atoms with van der Waals surface area (Å²) in [4.78, 5) is 13.4. The Bertz CT molecular complexity index is 589. The zero-order valence-corrected chi connectivity index (χ0v) is 12.9. The van der Waals surface area contributed by atoms with Crippen molar-refractivity contribution in [2.45, 2.75) is 31.6 Å². The lowest BCUT2D eigenvalue weighted by atomic mass is 10.1. The summed E-state index contributed by atoms with van der Waals surface area (Å²) in [5, 5.41) is 0. The van der Waals surface area contributed by atoms with Gasteiger partial charge in [-0.2, -0.15) is 0 Å². The smallest absolute Gasteiger partial charge is 0.173 e. The van der Waals surface area contributed by atoms with E-state index in [9.17, 15) is 4.79 Å². The molecule has 0 fully saturated rings. The minimum absolute atomic E-state index is 0.203. The number of carbonyl (C=O) groups excluding carboxylic acids is 1. The van der Waals surface area contributed by atoms with Gasteiger partial charge in [0.05, 0.1) is 5.75 Å². The van der Waals surface area contributed by atoms with Gasteiger partial charge in [0.15, 0.2) is 5.78 Å². The first-order valence-electron chi connectivity index (χ1n) is 7.00. The van der Waals surface area contributed by atoms with Gasteiger partial charge >= 0.3 is 0 Å². The van der Waals surface area contributed by atoms with Crippen molar-refractivity contribution in [1.29, 1.82) is 0 Å². The summed E-state index contributed by atoms with van der Waals surface area (Å²) in [6.07, 6.45) is 2.14. The average molecular weight is 284 g/mol. The second-order valence-corrected chi connectivity index (χ2v) is 6.03. The van der Waals surface area contributed by atoms with Crippen LogP contribution >= 0.6 is 11.8 Å². The van der Waals surface area contributed by atoms with Crippen LogP contribution in [0.15, 0.2) is 53.4 Å². The molecule has 0 radical (unpaired) electrons. The highest BCUT2D eigenvalue weighted by molar-refractivity contribution is 8.00. The molecule has 0 N–H and O–H groups in total. The van der Waals surface area contributed by atoms with Crippen LogP contribution in [0.4, 0.5) is 0 Å². The van der Waals surface area contributed by atoms with Gasteiger partial charge in [0.25, 0.3) is 0 Å². The van der Waals surface area contributed by atoms with Gasteiger partial charge in [0.1, 0.15) is 0 Å². The molecule has 2 aromatic carbocycles. The van der Waals surface area contributed by atoms with Crippen molar-refractivity contribution in [3.8, 4) is 0 Å². The molecule has 0 saturated heterocycles. The molecule has 0 unspecified atom stereocenters. The van der Waals surface area contributed by atoms with Crippen molar-refractivity contribution in [3.63, 3.8) is 0 Å². The number of rotatable bonds is 6. The van der Waals surface area contributed by atoms with E-state index in [1.165, 1.54) is 11.1 Å². The molecule has 0 bridgehead atoms. The fourth-order valence-corrected chi connectivity index (χ4v) is 3.03. The fourth-order valence-electron chi connectivity index (χ4n) is 2.13. The van der Waals surface area contributed by atoms with Crippen LogP contribution in [0.5, 0.6) is 0 Å². The first-order chi connectivity index (χ1) is 9.69. The topological polar surface area (TPSA) is 17.1 Å². The predicted octanol–water partition coefficient (Wildman–Crippen LogP) is 4.92. The van der Waals surface area contributed by atoms with Crippen LogP contribution in [-0.2, 0) is 6.42 Å². The van der Waals surface area contributed by atoms with Crippen LogP contribution < -0.4 is 0 Å². The standard InChI is InChI=1S/C18H20OS/c1-3-6-15-8-5-9-16(12-15)18(19)13-20-17-10-4-7-14(2)11-17/h4-5,7-12H,3,6,13H2,1-2H3. The van der Waals surface area contributed by atoms with E-state index < -0.39 is 0 Å². The van der Waals surface area contributed by atoms with Crippen LogP contribution in [0.3, 0.4) is 0 Å². The van der Waals surface area contributed by atoms with Gasteiger partial charge in [0, 0.05) is 10.5 Å². The summed E-state index contributed by atoms with van der Waals surface area (Å²) >= 11 is 1.61. The van der Waals surface area contributed by atoms with E-state index in [4.69, 9.17) is 0 Å². The number of aryl methyl sites for hydroxylation is 2. The molecular formula is C18H20OS. The molecule has 2 heteroatoms. The zero-order chi connectivity index (χ0) is 14.4. The fraction of sp³-hybridized carbons (Fsp3) is 0.278. The molecule has 0 aliphatic carbocycles. The van der Waals surface area contributed by atoms with Crippen molar-refractivity contribution in [2.24, 2.45) is 0 Å². The number of carbonyl (C=O) groups is 1. The minimum atomic E-state index is 0.203. The Balaban J connectivity index is 1.99. The Labute approximate surface area is 125 Å². The molecule has 104 valence electrons. The molecule has 0 atom stereocenters. The van der Waals surface area contributed by atoms with E-state index in [0.717, 1.165) is 23.3 Å². The number of thioether (sulfide) groups is 1. The molecule has 0 aliphatic heterocycles. The highest BCUT2D eigenvalue weighted by atomic mass is 32.2. The summed E-state index contributed by atoms with van der Waals surface area (Å²) in [6.45, 7) is 4.22. The van der Waals surface area contributed by atoms with Crippen molar-refractivity contribution in [2.75, 3.05) is 5.75 Å². The van der Waals surface area contributed by atoms with E-state index in [1.54, 1.807) is 11.8 Å². The summed E-state index contributed by atoms with van der Waals surface area (Å²) in [5.74, 6) is 0.702. The lowest BCUT2D eigenvalue weighted by Gasteiger charge is -2.05. The maximum atomic E-state index is 12.2. The highest BCUT2D eigenvalue weighted by Crippen LogP contribution is 2.20. The summed E-state index contributed by atoms with van der Waals surface area (Å²) < 4.78 is 0. The van der Waals surface area contributed by atoms with Crippen molar-refractivity contribution >= 4 is 17.5 Å². The maximum Gasteiger partial charge on any atom is 0.173 e. The normalized spacial score (nSPS) is 10.5. The van der Waals surface area contributed by atoms with Crippen molar-refractivity contribution < 1.29 is 4.79 Å². The summed E-state index contributed by atoms with van der Waals surface area (Å²) in [5.41, 5.74) is 3.31. The molecule has 2 aromatic rings. The van der Waals surface area contributed by atoms with E-state index >= 15 is 0 Å². The summed E-state index contributed by atoms with van der Waals surface area (Å²) in [6, 6.07) is 16.3. The van der Waals surface area contributed by atoms with Crippen molar-refractivity contribution in [1.82, 2.24) is 0 Å². The molecule has 0 aromatic heterocycles. The third-order valence-electron chi connectivity index (χ3n) is 3.15. The van der Waals surface area contributed by atoms with Gasteiger partial charge < -0.3 is 0 Å². The average Bonchev–Trinajstić information content (AvgIpc) is 2.45. The lowest BCUT2D eigenvalue weighted by Crippen LogP contribution is -2.03.